The summed E-state index contributed by atoms with van der Waals surface area (Å²) in [5.74, 6) is 2.69. The molecule has 0 unspecified atom stereocenters. The Bertz CT molecular complexity index is 799. The molecule has 1 aliphatic heterocycles. The molecule has 2 heterocycles. The standard InChI is InChI=1S/C21H29N5O2/c1-16-15-19(24(2)3)23-21(22-16)26-13-11-25(12-14-26)20(27)10-7-17-5-8-18(28-4)9-6-17/h5-6,8-9,15H,7,10-14H2,1-4H3. The summed E-state index contributed by atoms with van der Waals surface area (Å²) in [6.07, 6.45) is 1.27. The molecule has 7 nitrogen and oxygen atoms in total. The Morgan fingerprint density at radius 3 is 2.39 bits per heavy atom. The lowest BCUT2D eigenvalue weighted by molar-refractivity contribution is -0.131. The third-order valence-electron chi connectivity index (χ3n) is 4.99. The van der Waals surface area contributed by atoms with E-state index in [0.29, 0.717) is 19.5 Å². The number of carbonyl (C=O) groups is 1. The number of piperazine rings is 1. The van der Waals surface area contributed by atoms with Gasteiger partial charge in [0.25, 0.3) is 0 Å². The molecule has 2 aromatic rings. The predicted octanol–water partition coefficient (Wildman–Crippen LogP) is 2.14. The van der Waals surface area contributed by atoms with Crippen molar-refractivity contribution in [1.82, 2.24) is 14.9 Å². The summed E-state index contributed by atoms with van der Waals surface area (Å²) in [6.45, 7) is 4.90. The molecule has 1 fully saturated rings. The van der Waals surface area contributed by atoms with E-state index in [1.807, 2.05) is 61.2 Å². The van der Waals surface area contributed by atoms with Crippen LogP contribution in [0.4, 0.5) is 11.8 Å². The zero-order chi connectivity index (χ0) is 20.1. The van der Waals surface area contributed by atoms with Gasteiger partial charge in [-0.05, 0) is 31.0 Å². The number of hydrogen-bond acceptors (Lipinski definition) is 6. The van der Waals surface area contributed by atoms with E-state index in [1.54, 1.807) is 7.11 Å². The van der Waals surface area contributed by atoms with Gasteiger partial charge < -0.3 is 19.4 Å². The molecular weight excluding hydrogens is 354 g/mol. The highest BCUT2D eigenvalue weighted by Gasteiger charge is 2.23. The number of methoxy groups -OCH3 is 1. The van der Waals surface area contributed by atoms with Crippen molar-refractivity contribution in [2.24, 2.45) is 0 Å². The van der Waals surface area contributed by atoms with Crippen molar-refractivity contribution in [3.8, 4) is 5.75 Å². The average Bonchev–Trinajstić information content (AvgIpc) is 2.72. The second-order valence-corrected chi connectivity index (χ2v) is 7.28. The van der Waals surface area contributed by atoms with E-state index in [-0.39, 0.29) is 5.91 Å². The quantitative estimate of drug-likeness (QED) is 0.762. The maximum Gasteiger partial charge on any atom is 0.227 e. The molecule has 0 spiro atoms. The molecular formula is C21H29N5O2. The van der Waals surface area contributed by atoms with Crippen LogP contribution in [0.25, 0.3) is 0 Å². The number of ether oxygens (including phenoxy) is 1. The van der Waals surface area contributed by atoms with Crippen molar-refractivity contribution in [2.75, 3.05) is 57.2 Å². The average molecular weight is 383 g/mol. The fourth-order valence-electron chi connectivity index (χ4n) is 3.26. The number of aromatic nitrogens is 2. The van der Waals surface area contributed by atoms with E-state index in [1.165, 1.54) is 0 Å². The van der Waals surface area contributed by atoms with Crippen LogP contribution in [0, 0.1) is 6.92 Å². The van der Waals surface area contributed by atoms with Crippen molar-refractivity contribution in [1.29, 1.82) is 0 Å². The van der Waals surface area contributed by atoms with Crippen molar-refractivity contribution < 1.29 is 9.53 Å². The van der Waals surface area contributed by atoms with Crippen LogP contribution in [0.1, 0.15) is 17.7 Å². The summed E-state index contributed by atoms with van der Waals surface area (Å²) in [4.78, 5) is 27.9. The summed E-state index contributed by atoms with van der Waals surface area (Å²) < 4.78 is 5.17. The van der Waals surface area contributed by atoms with Crippen LogP contribution in [0.2, 0.25) is 0 Å². The SMILES string of the molecule is COc1ccc(CCC(=O)N2CCN(c3nc(C)cc(N(C)C)n3)CC2)cc1. The summed E-state index contributed by atoms with van der Waals surface area (Å²) in [6, 6.07) is 9.87. The molecule has 1 aliphatic rings. The lowest BCUT2D eigenvalue weighted by Crippen LogP contribution is -2.49. The van der Waals surface area contributed by atoms with Crippen molar-refractivity contribution in [3.63, 3.8) is 0 Å². The van der Waals surface area contributed by atoms with Crippen LogP contribution in [0.15, 0.2) is 30.3 Å². The highest BCUT2D eigenvalue weighted by Crippen LogP contribution is 2.18. The third-order valence-corrected chi connectivity index (χ3v) is 4.99. The van der Waals surface area contributed by atoms with E-state index in [9.17, 15) is 4.79 Å². The summed E-state index contributed by atoms with van der Waals surface area (Å²) in [5.41, 5.74) is 2.10. The lowest BCUT2D eigenvalue weighted by atomic mass is 10.1. The Morgan fingerprint density at radius 1 is 1.11 bits per heavy atom. The molecule has 0 aliphatic carbocycles. The van der Waals surface area contributed by atoms with Crippen molar-refractivity contribution >= 4 is 17.7 Å². The number of aryl methyl sites for hydroxylation is 2. The number of rotatable bonds is 6. The Morgan fingerprint density at radius 2 is 1.79 bits per heavy atom. The van der Waals surface area contributed by atoms with E-state index in [2.05, 4.69) is 14.9 Å². The fraction of sp³-hybridized carbons (Fsp3) is 0.476. The van der Waals surface area contributed by atoms with Crippen LogP contribution < -0.4 is 14.5 Å². The number of nitrogens with zero attached hydrogens (tertiary/aromatic N) is 5. The van der Waals surface area contributed by atoms with Gasteiger partial charge in [-0.2, -0.15) is 4.98 Å². The van der Waals surface area contributed by atoms with Gasteiger partial charge in [0.05, 0.1) is 7.11 Å². The molecule has 0 saturated carbocycles. The van der Waals surface area contributed by atoms with Crippen LogP contribution >= 0.6 is 0 Å². The first kappa shape index (κ1) is 19.9. The van der Waals surface area contributed by atoms with E-state index >= 15 is 0 Å². The first-order valence-electron chi connectivity index (χ1n) is 9.65. The van der Waals surface area contributed by atoms with Gasteiger partial charge in [-0.25, -0.2) is 4.98 Å². The van der Waals surface area contributed by atoms with Crippen LogP contribution in [-0.4, -0.2) is 68.2 Å². The minimum Gasteiger partial charge on any atom is -0.497 e. The van der Waals surface area contributed by atoms with Gasteiger partial charge in [-0.15, -0.1) is 0 Å². The zero-order valence-corrected chi connectivity index (χ0v) is 17.2. The highest BCUT2D eigenvalue weighted by molar-refractivity contribution is 5.76. The Hall–Kier alpha value is -2.83. The predicted molar refractivity (Wildman–Crippen MR) is 111 cm³/mol. The topological polar surface area (TPSA) is 61.8 Å². The molecule has 1 amide bonds. The summed E-state index contributed by atoms with van der Waals surface area (Å²) >= 11 is 0. The molecule has 7 heteroatoms. The number of carbonyl (C=O) groups excluding carboxylic acids is 1. The molecule has 150 valence electrons. The first-order chi connectivity index (χ1) is 13.5. The first-order valence-corrected chi connectivity index (χ1v) is 9.65. The Labute approximate surface area is 166 Å². The zero-order valence-electron chi connectivity index (χ0n) is 17.2. The van der Waals surface area contributed by atoms with Gasteiger partial charge in [0.2, 0.25) is 11.9 Å². The van der Waals surface area contributed by atoms with Crippen LogP contribution in [0.5, 0.6) is 5.75 Å². The molecule has 0 radical (unpaired) electrons. The summed E-state index contributed by atoms with van der Waals surface area (Å²) in [7, 11) is 5.61. The molecule has 0 N–H and O–H groups in total. The van der Waals surface area contributed by atoms with Crippen LogP contribution in [0.3, 0.4) is 0 Å². The second kappa shape index (κ2) is 8.91. The smallest absolute Gasteiger partial charge is 0.227 e. The Balaban J connectivity index is 1.52. The van der Waals surface area contributed by atoms with Crippen LogP contribution in [-0.2, 0) is 11.2 Å². The fourth-order valence-corrected chi connectivity index (χ4v) is 3.26. The molecule has 0 atom stereocenters. The molecule has 1 aromatic heterocycles. The molecule has 0 bridgehead atoms. The van der Waals surface area contributed by atoms with Gasteiger partial charge in [-0.1, -0.05) is 12.1 Å². The van der Waals surface area contributed by atoms with E-state index in [4.69, 9.17) is 4.74 Å². The number of benzene rings is 1. The van der Waals surface area contributed by atoms with E-state index in [0.717, 1.165) is 48.3 Å². The number of anilines is 2. The maximum absolute atomic E-state index is 12.6. The highest BCUT2D eigenvalue weighted by atomic mass is 16.5. The lowest BCUT2D eigenvalue weighted by Gasteiger charge is -2.35. The number of hydrogen-bond donors (Lipinski definition) is 0. The van der Waals surface area contributed by atoms with Crippen molar-refractivity contribution in [2.45, 2.75) is 19.8 Å². The van der Waals surface area contributed by atoms with Gasteiger partial charge in [0.1, 0.15) is 11.6 Å². The van der Waals surface area contributed by atoms with Gasteiger partial charge >= 0.3 is 0 Å². The molecule has 3 rings (SSSR count). The molecule has 28 heavy (non-hydrogen) atoms. The largest absolute Gasteiger partial charge is 0.497 e. The summed E-state index contributed by atoms with van der Waals surface area (Å²) in [5, 5.41) is 0. The van der Waals surface area contributed by atoms with Gasteiger partial charge in [0.15, 0.2) is 0 Å². The van der Waals surface area contributed by atoms with Gasteiger partial charge in [0, 0.05) is 58.5 Å². The monoisotopic (exact) mass is 383 g/mol. The molecule has 1 aromatic carbocycles. The van der Waals surface area contributed by atoms with E-state index < -0.39 is 0 Å². The maximum atomic E-state index is 12.6. The third kappa shape index (κ3) is 4.91. The molecule has 1 saturated heterocycles. The van der Waals surface area contributed by atoms with Crippen molar-refractivity contribution in [3.05, 3.63) is 41.6 Å². The minimum absolute atomic E-state index is 0.203. The second-order valence-electron chi connectivity index (χ2n) is 7.28. The normalized spacial score (nSPS) is 14.1. The Kier molecular flexibility index (Phi) is 6.34. The van der Waals surface area contributed by atoms with Gasteiger partial charge in [-0.3, -0.25) is 4.79 Å². The number of amides is 1. The minimum atomic E-state index is 0.203.